The number of amides is 2. The molecule has 5 heteroatoms. The van der Waals surface area contributed by atoms with Gasteiger partial charge in [-0.1, -0.05) is 25.1 Å². The number of nitrogens with zero attached hydrogens (tertiary/aromatic N) is 1. The number of rotatable bonds is 3. The van der Waals surface area contributed by atoms with E-state index in [2.05, 4.69) is 29.6 Å². The number of carbonyl (C=O) groups excluding carboxylic acids is 2. The van der Waals surface area contributed by atoms with Crippen LogP contribution in [-0.2, 0) is 16.0 Å². The van der Waals surface area contributed by atoms with Crippen molar-refractivity contribution in [1.29, 1.82) is 0 Å². The molecule has 1 aromatic carbocycles. The Morgan fingerprint density at radius 2 is 2.14 bits per heavy atom. The average Bonchev–Trinajstić information content (AvgIpc) is 2.84. The summed E-state index contributed by atoms with van der Waals surface area (Å²) in [4.78, 5) is 27.3. The molecule has 3 rings (SSSR count). The van der Waals surface area contributed by atoms with Crippen molar-refractivity contribution in [3.8, 4) is 0 Å². The molecule has 2 amide bonds. The van der Waals surface area contributed by atoms with Gasteiger partial charge < -0.3 is 10.2 Å². The summed E-state index contributed by atoms with van der Waals surface area (Å²) in [7, 11) is 0. The van der Waals surface area contributed by atoms with E-state index in [-0.39, 0.29) is 17.9 Å². The van der Waals surface area contributed by atoms with Crippen molar-refractivity contribution in [2.75, 3.05) is 13.1 Å². The van der Waals surface area contributed by atoms with E-state index in [9.17, 15) is 9.59 Å². The zero-order valence-electron chi connectivity index (χ0n) is 12.2. The third-order valence-corrected chi connectivity index (χ3v) is 5.40. The lowest BCUT2D eigenvalue weighted by Gasteiger charge is -2.25. The Balaban J connectivity index is 1.67. The van der Waals surface area contributed by atoms with Crippen LogP contribution >= 0.6 is 11.8 Å². The molecule has 2 unspecified atom stereocenters. The highest BCUT2D eigenvalue weighted by Crippen LogP contribution is 2.37. The van der Waals surface area contributed by atoms with Crippen molar-refractivity contribution in [3.05, 3.63) is 29.8 Å². The van der Waals surface area contributed by atoms with Crippen LogP contribution in [0.1, 0.15) is 25.3 Å². The van der Waals surface area contributed by atoms with Crippen molar-refractivity contribution in [2.24, 2.45) is 0 Å². The zero-order valence-corrected chi connectivity index (χ0v) is 13.0. The molecule has 2 aliphatic heterocycles. The Labute approximate surface area is 129 Å². The molecule has 112 valence electrons. The molecule has 1 saturated heterocycles. The lowest BCUT2D eigenvalue weighted by Crippen LogP contribution is -2.46. The molecular formula is C16H20N2O2S. The normalized spacial score (nSPS) is 25.5. The van der Waals surface area contributed by atoms with E-state index in [1.807, 2.05) is 23.6 Å². The number of nitrogens with one attached hydrogen (secondary N) is 1. The molecule has 0 spiro atoms. The summed E-state index contributed by atoms with van der Waals surface area (Å²) >= 11 is 1.85. The van der Waals surface area contributed by atoms with E-state index in [0.717, 1.165) is 13.0 Å². The first-order valence-electron chi connectivity index (χ1n) is 7.50. The van der Waals surface area contributed by atoms with Crippen LogP contribution in [0.3, 0.4) is 0 Å². The molecule has 21 heavy (non-hydrogen) atoms. The van der Waals surface area contributed by atoms with Crippen LogP contribution in [-0.4, -0.2) is 41.1 Å². The molecule has 4 nitrogen and oxygen atoms in total. The fraction of sp³-hybridized carbons (Fsp3) is 0.500. The molecule has 2 aliphatic rings. The monoisotopic (exact) mass is 304 g/mol. The first-order chi connectivity index (χ1) is 10.2. The maximum Gasteiger partial charge on any atom is 0.245 e. The topological polar surface area (TPSA) is 49.4 Å². The van der Waals surface area contributed by atoms with Crippen LogP contribution in [0.4, 0.5) is 0 Å². The molecule has 0 radical (unpaired) electrons. The third-order valence-electron chi connectivity index (χ3n) is 4.10. The van der Waals surface area contributed by atoms with Gasteiger partial charge >= 0.3 is 0 Å². The van der Waals surface area contributed by atoms with Gasteiger partial charge in [-0.15, -0.1) is 11.8 Å². The van der Waals surface area contributed by atoms with E-state index < -0.39 is 0 Å². The van der Waals surface area contributed by atoms with E-state index in [1.165, 1.54) is 10.5 Å². The molecular weight excluding hydrogens is 284 g/mol. The second kappa shape index (κ2) is 6.10. The predicted octanol–water partition coefficient (Wildman–Crippen LogP) is 1.83. The lowest BCUT2D eigenvalue weighted by atomic mass is 10.1. The van der Waals surface area contributed by atoms with Gasteiger partial charge in [0.2, 0.25) is 11.8 Å². The minimum absolute atomic E-state index is 0.0138. The minimum atomic E-state index is -0.353. The van der Waals surface area contributed by atoms with Crippen LogP contribution < -0.4 is 5.32 Å². The summed E-state index contributed by atoms with van der Waals surface area (Å²) < 4.78 is 0. The SMILES string of the molecule is CCC1NC(=O)CCN(CC2Cc3ccccc3S2)C1=O. The molecule has 0 bridgehead atoms. The minimum Gasteiger partial charge on any atom is -0.344 e. The standard InChI is InChI=1S/C16H20N2O2S/c1-2-13-16(20)18(8-7-15(19)17-13)10-12-9-11-5-3-4-6-14(11)21-12/h3-6,12-13H,2,7-10H2,1H3,(H,17,19). The molecule has 1 fully saturated rings. The van der Waals surface area contributed by atoms with Crippen LogP contribution in [0.5, 0.6) is 0 Å². The highest BCUT2D eigenvalue weighted by Gasteiger charge is 2.31. The molecule has 1 aromatic rings. The number of thioether (sulfide) groups is 1. The smallest absolute Gasteiger partial charge is 0.245 e. The summed E-state index contributed by atoms with van der Waals surface area (Å²) in [5, 5.41) is 3.21. The van der Waals surface area contributed by atoms with Crippen LogP contribution in [0.15, 0.2) is 29.2 Å². The first kappa shape index (κ1) is 14.4. The Bertz CT molecular complexity index is 536. The second-order valence-electron chi connectivity index (χ2n) is 5.61. The summed E-state index contributed by atoms with van der Waals surface area (Å²) in [6, 6.07) is 8.07. The van der Waals surface area contributed by atoms with Crippen molar-refractivity contribution in [3.63, 3.8) is 0 Å². The summed E-state index contributed by atoms with van der Waals surface area (Å²) in [6.45, 7) is 3.20. The van der Waals surface area contributed by atoms with Crippen molar-refractivity contribution >= 4 is 23.6 Å². The van der Waals surface area contributed by atoms with Gasteiger partial charge in [-0.25, -0.2) is 0 Å². The molecule has 0 saturated carbocycles. The zero-order chi connectivity index (χ0) is 14.8. The van der Waals surface area contributed by atoms with E-state index >= 15 is 0 Å². The predicted molar refractivity (Wildman–Crippen MR) is 83.2 cm³/mol. The first-order valence-corrected chi connectivity index (χ1v) is 8.38. The highest BCUT2D eigenvalue weighted by atomic mass is 32.2. The van der Waals surface area contributed by atoms with Gasteiger partial charge in [-0.05, 0) is 24.5 Å². The number of hydrogen-bond acceptors (Lipinski definition) is 3. The van der Waals surface area contributed by atoms with Gasteiger partial charge in [0.05, 0.1) is 0 Å². The highest BCUT2D eigenvalue weighted by molar-refractivity contribution is 8.00. The molecule has 2 atom stereocenters. The fourth-order valence-electron chi connectivity index (χ4n) is 2.95. The Morgan fingerprint density at radius 3 is 2.90 bits per heavy atom. The number of fused-ring (bicyclic) bond motifs is 1. The number of hydrogen-bond donors (Lipinski definition) is 1. The van der Waals surface area contributed by atoms with Crippen molar-refractivity contribution < 1.29 is 9.59 Å². The number of carbonyl (C=O) groups is 2. The fourth-order valence-corrected chi connectivity index (χ4v) is 4.29. The van der Waals surface area contributed by atoms with Crippen LogP contribution in [0.2, 0.25) is 0 Å². The summed E-state index contributed by atoms with van der Waals surface area (Å²) in [5.74, 6) is 0.0555. The third kappa shape index (κ3) is 3.07. The van der Waals surface area contributed by atoms with E-state index in [4.69, 9.17) is 0 Å². The average molecular weight is 304 g/mol. The quantitative estimate of drug-likeness (QED) is 0.927. The molecule has 1 N–H and O–H groups in total. The van der Waals surface area contributed by atoms with Crippen LogP contribution in [0, 0.1) is 0 Å². The van der Waals surface area contributed by atoms with E-state index in [0.29, 0.717) is 24.6 Å². The molecule has 0 aromatic heterocycles. The second-order valence-corrected chi connectivity index (χ2v) is 6.96. The van der Waals surface area contributed by atoms with Crippen molar-refractivity contribution in [1.82, 2.24) is 10.2 Å². The van der Waals surface area contributed by atoms with Gasteiger partial charge in [0.1, 0.15) is 6.04 Å². The van der Waals surface area contributed by atoms with E-state index in [1.54, 1.807) is 0 Å². The van der Waals surface area contributed by atoms with Gasteiger partial charge in [0, 0.05) is 29.7 Å². The van der Waals surface area contributed by atoms with Crippen LogP contribution in [0.25, 0.3) is 0 Å². The van der Waals surface area contributed by atoms with Gasteiger partial charge in [0.25, 0.3) is 0 Å². The Kier molecular flexibility index (Phi) is 4.19. The maximum atomic E-state index is 12.5. The Morgan fingerprint density at radius 1 is 1.33 bits per heavy atom. The van der Waals surface area contributed by atoms with Gasteiger partial charge in [-0.2, -0.15) is 0 Å². The summed E-state index contributed by atoms with van der Waals surface area (Å²) in [5.41, 5.74) is 1.37. The maximum absolute atomic E-state index is 12.5. The largest absolute Gasteiger partial charge is 0.344 e. The summed E-state index contributed by atoms with van der Waals surface area (Å²) in [6.07, 6.45) is 2.06. The van der Waals surface area contributed by atoms with Gasteiger partial charge in [-0.3, -0.25) is 9.59 Å². The van der Waals surface area contributed by atoms with Gasteiger partial charge in [0.15, 0.2) is 0 Å². The lowest BCUT2D eigenvalue weighted by molar-refractivity contribution is -0.133. The Hall–Kier alpha value is -1.49. The number of benzene rings is 1. The molecule has 0 aliphatic carbocycles. The van der Waals surface area contributed by atoms with Crippen molar-refractivity contribution in [2.45, 2.75) is 42.4 Å². The molecule has 2 heterocycles.